The van der Waals surface area contributed by atoms with Crippen molar-refractivity contribution in [2.75, 3.05) is 32.6 Å². The number of epoxide rings is 1. The van der Waals surface area contributed by atoms with E-state index < -0.39 is 0 Å². The van der Waals surface area contributed by atoms with Crippen molar-refractivity contribution >= 4 is 11.7 Å². The van der Waals surface area contributed by atoms with E-state index in [1.165, 1.54) is 12.7 Å². The van der Waals surface area contributed by atoms with Gasteiger partial charge in [-0.05, 0) is 37.9 Å². The van der Waals surface area contributed by atoms with Crippen molar-refractivity contribution in [1.29, 1.82) is 0 Å². The van der Waals surface area contributed by atoms with Crippen molar-refractivity contribution in [3.63, 3.8) is 0 Å². The first-order valence-corrected chi connectivity index (χ1v) is 9.75. The number of hydrogen-bond acceptors (Lipinski definition) is 6. The first-order valence-electron chi connectivity index (χ1n) is 9.75. The number of piperidine rings is 1. The van der Waals surface area contributed by atoms with Gasteiger partial charge in [-0.1, -0.05) is 6.07 Å². The molecule has 0 amide bonds. The topological polar surface area (TPSA) is 63.3 Å². The van der Waals surface area contributed by atoms with Crippen molar-refractivity contribution < 1.29 is 19.0 Å². The highest BCUT2D eigenvalue weighted by atomic mass is 16.6. The van der Waals surface area contributed by atoms with Crippen LogP contribution in [0, 0.1) is 5.92 Å². The Kier molecular flexibility index (Phi) is 2.87. The molecule has 6 nitrogen and oxygen atoms in total. The summed E-state index contributed by atoms with van der Waals surface area (Å²) in [6.07, 6.45) is 2.14. The van der Waals surface area contributed by atoms with Crippen LogP contribution in [0.2, 0.25) is 0 Å². The summed E-state index contributed by atoms with van der Waals surface area (Å²) in [5, 5.41) is 3.62. The molecule has 5 atom stereocenters. The fourth-order valence-electron chi connectivity index (χ4n) is 6.50. The van der Waals surface area contributed by atoms with Crippen LogP contribution in [-0.2, 0) is 19.7 Å². The lowest BCUT2D eigenvalue weighted by Crippen LogP contribution is -2.59. The number of rotatable bonds is 2. The van der Waals surface area contributed by atoms with Crippen LogP contribution in [0.1, 0.15) is 25.3 Å². The largest absolute Gasteiger partial charge is 0.497 e. The van der Waals surface area contributed by atoms with Crippen LogP contribution in [0.4, 0.5) is 5.69 Å². The molecule has 2 bridgehead atoms. The number of ether oxygens (including phenoxy) is 3. The number of nitrogens with zero attached hydrogens (tertiary/aromatic N) is 1. The van der Waals surface area contributed by atoms with Gasteiger partial charge in [0.2, 0.25) is 0 Å². The molecule has 3 fully saturated rings. The third kappa shape index (κ3) is 1.68. The Balaban J connectivity index is 1.62. The normalized spacial score (nSPS) is 40.5. The average Bonchev–Trinajstić information content (AvgIpc) is 3.04. The van der Waals surface area contributed by atoms with Crippen LogP contribution in [0.5, 0.6) is 5.75 Å². The van der Waals surface area contributed by atoms with Gasteiger partial charge in [0, 0.05) is 36.0 Å². The molecule has 1 aromatic rings. The number of hydrogen-bond donors (Lipinski definition) is 1. The zero-order valence-electron chi connectivity index (χ0n) is 15.9. The number of nitrogens with one attached hydrogen (secondary N) is 1. The summed E-state index contributed by atoms with van der Waals surface area (Å²) >= 11 is 0. The van der Waals surface area contributed by atoms with Crippen LogP contribution in [-0.4, -0.2) is 55.9 Å². The van der Waals surface area contributed by atoms with Crippen LogP contribution in [0.25, 0.3) is 0 Å². The summed E-state index contributed by atoms with van der Waals surface area (Å²) in [4.78, 5) is 15.6. The summed E-state index contributed by atoms with van der Waals surface area (Å²) in [5.41, 5.74) is 3.79. The lowest BCUT2D eigenvalue weighted by molar-refractivity contribution is -0.138. The maximum absolute atomic E-state index is 13.0. The quantitative estimate of drug-likeness (QED) is 0.637. The Morgan fingerprint density at radius 2 is 2.19 bits per heavy atom. The molecule has 6 rings (SSSR count). The van der Waals surface area contributed by atoms with Crippen LogP contribution < -0.4 is 10.1 Å². The zero-order chi connectivity index (χ0) is 18.6. The molecule has 0 aromatic heterocycles. The molecular weight excluding hydrogens is 344 g/mol. The van der Waals surface area contributed by atoms with Crippen molar-refractivity contribution in [3.05, 3.63) is 35.0 Å². The second kappa shape index (κ2) is 4.86. The molecule has 6 heteroatoms. The van der Waals surface area contributed by atoms with Crippen molar-refractivity contribution in [2.45, 2.75) is 42.9 Å². The molecule has 2 spiro atoms. The van der Waals surface area contributed by atoms with E-state index in [4.69, 9.17) is 14.2 Å². The van der Waals surface area contributed by atoms with Gasteiger partial charge < -0.3 is 19.5 Å². The highest BCUT2D eigenvalue weighted by Crippen LogP contribution is 2.65. The van der Waals surface area contributed by atoms with Gasteiger partial charge in [-0.15, -0.1) is 0 Å². The molecule has 0 radical (unpaired) electrons. The second-order valence-electron chi connectivity index (χ2n) is 8.53. The van der Waals surface area contributed by atoms with E-state index in [-0.39, 0.29) is 29.0 Å². The summed E-state index contributed by atoms with van der Waals surface area (Å²) in [5.74, 6) is 0.693. The van der Waals surface area contributed by atoms with Gasteiger partial charge in [-0.25, -0.2) is 4.79 Å². The highest BCUT2D eigenvalue weighted by Gasteiger charge is 2.72. The van der Waals surface area contributed by atoms with Crippen LogP contribution >= 0.6 is 0 Å². The standard InChI is InChI=1S/C21H24N2O4/c1-11-21(27-11)10-23-7-6-20-13-5-4-12(25-2)8-15(13)22-18(20)17(19(24)26-3)14(21)9-16(20)23/h4-5,8,11,14,16,22H,6-7,9-10H2,1-3H3. The third-order valence-corrected chi connectivity index (χ3v) is 7.77. The minimum Gasteiger partial charge on any atom is -0.497 e. The lowest BCUT2D eigenvalue weighted by Gasteiger charge is -2.50. The Hall–Kier alpha value is -2.05. The van der Waals surface area contributed by atoms with Gasteiger partial charge in [0.15, 0.2) is 0 Å². The van der Waals surface area contributed by atoms with Gasteiger partial charge in [-0.2, -0.15) is 0 Å². The predicted molar refractivity (Wildman–Crippen MR) is 98.7 cm³/mol. The van der Waals surface area contributed by atoms with Gasteiger partial charge in [-0.3, -0.25) is 4.90 Å². The SMILES string of the molecule is COC(=O)C1=C2Nc3cc(OC)ccc3C23CCN2CC4(OC4C)C1CC23. The maximum atomic E-state index is 13.0. The van der Waals surface area contributed by atoms with Crippen LogP contribution in [0.3, 0.4) is 0 Å². The molecule has 1 N–H and O–H groups in total. The third-order valence-electron chi connectivity index (χ3n) is 7.77. The van der Waals surface area contributed by atoms with Crippen molar-refractivity contribution in [2.24, 2.45) is 5.92 Å². The minimum atomic E-state index is -0.238. The summed E-state index contributed by atoms with van der Waals surface area (Å²) in [6, 6.07) is 6.65. The highest BCUT2D eigenvalue weighted by molar-refractivity contribution is 5.94. The number of anilines is 1. The molecule has 1 aliphatic carbocycles. The average molecular weight is 368 g/mol. The number of methoxy groups -OCH3 is 2. The number of esters is 1. The monoisotopic (exact) mass is 368 g/mol. The van der Waals surface area contributed by atoms with Crippen molar-refractivity contribution in [1.82, 2.24) is 4.90 Å². The summed E-state index contributed by atoms with van der Waals surface area (Å²) < 4.78 is 16.8. The Morgan fingerprint density at radius 1 is 1.37 bits per heavy atom. The van der Waals surface area contributed by atoms with Gasteiger partial charge in [0.05, 0.1) is 31.3 Å². The molecule has 0 saturated carbocycles. The predicted octanol–water partition coefficient (Wildman–Crippen LogP) is 2.05. The van der Waals surface area contributed by atoms with Gasteiger partial charge >= 0.3 is 5.97 Å². The number of benzene rings is 1. The van der Waals surface area contributed by atoms with E-state index in [0.717, 1.165) is 48.6 Å². The Morgan fingerprint density at radius 3 is 2.89 bits per heavy atom. The molecule has 142 valence electrons. The molecule has 27 heavy (non-hydrogen) atoms. The molecule has 1 aromatic carbocycles. The Labute approximate surface area is 158 Å². The smallest absolute Gasteiger partial charge is 0.335 e. The minimum absolute atomic E-state index is 0.0890. The van der Waals surface area contributed by atoms with E-state index in [0.29, 0.717) is 6.04 Å². The van der Waals surface area contributed by atoms with Gasteiger partial charge in [0.1, 0.15) is 11.4 Å². The lowest BCUT2D eigenvalue weighted by atomic mass is 9.60. The molecular formula is C21H24N2O4. The zero-order valence-corrected chi connectivity index (χ0v) is 15.9. The molecule has 4 heterocycles. The summed E-state index contributed by atoms with van der Waals surface area (Å²) in [7, 11) is 3.16. The summed E-state index contributed by atoms with van der Waals surface area (Å²) in [6.45, 7) is 4.06. The van der Waals surface area contributed by atoms with Crippen LogP contribution in [0.15, 0.2) is 29.5 Å². The van der Waals surface area contributed by atoms with E-state index in [1.807, 2.05) is 12.1 Å². The number of carbonyl (C=O) groups is 1. The first-order chi connectivity index (χ1) is 13.0. The van der Waals surface area contributed by atoms with E-state index in [1.54, 1.807) is 7.11 Å². The molecule has 3 saturated heterocycles. The van der Waals surface area contributed by atoms with E-state index in [9.17, 15) is 4.79 Å². The number of fused-ring (bicyclic) bond motifs is 3. The molecule has 5 unspecified atom stereocenters. The van der Waals surface area contributed by atoms with E-state index in [2.05, 4.69) is 23.2 Å². The molecule has 5 aliphatic rings. The first kappa shape index (κ1) is 16.0. The fraction of sp³-hybridized carbons (Fsp3) is 0.571. The second-order valence-corrected chi connectivity index (χ2v) is 8.53. The Bertz CT molecular complexity index is 911. The fourth-order valence-corrected chi connectivity index (χ4v) is 6.50. The van der Waals surface area contributed by atoms with Gasteiger partial charge in [0.25, 0.3) is 0 Å². The van der Waals surface area contributed by atoms with E-state index >= 15 is 0 Å². The maximum Gasteiger partial charge on any atom is 0.335 e. The van der Waals surface area contributed by atoms with Crippen molar-refractivity contribution in [3.8, 4) is 5.75 Å². The molecule has 4 aliphatic heterocycles. The number of carbonyl (C=O) groups excluding carboxylic acids is 1.